The lowest BCUT2D eigenvalue weighted by atomic mass is 10.1. The van der Waals surface area contributed by atoms with Crippen LogP contribution in [0.25, 0.3) is 0 Å². The maximum absolute atomic E-state index is 11.6. The summed E-state index contributed by atoms with van der Waals surface area (Å²) in [6.45, 7) is 4.47. The highest BCUT2D eigenvalue weighted by Gasteiger charge is 2.11. The van der Waals surface area contributed by atoms with Crippen LogP contribution in [-0.2, 0) is 4.74 Å². The fourth-order valence-corrected chi connectivity index (χ4v) is 1.58. The van der Waals surface area contributed by atoms with Gasteiger partial charge in [-0.1, -0.05) is 35.3 Å². The van der Waals surface area contributed by atoms with E-state index in [1.165, 1.54) is 0 Å². The first-order valence-electron chi connectivity index (χ1n) is 5.09. The van der Waals surface area contributed by atoms with Crippen LogP contribution in [0.3, 0.4) is 0 Å². The Morgan fingerprint density at radius 2 is 2.20 bits per heavy atom. The second kappa shape index (κ2) is 5.91. The first-order valence-corrected chi connectivity index (χ1v) is 5.88. The number of hydrogen-bond donors (Lipinski definition) is 0. The molecule has 0 radical (unpaired) electrons. The van der Waals surface area contributed by atoms with Crippen molar-refractivity contribution in [2.24, 2.45) is 0 Å². The summed E-state index contributed by atoms with van der Waals surface area (Å²) < 4.78 is 6.08. The van der Waals surface area contributed by atoms with E-state index in [1.54, 1.807) is 6.07 Å². The molecule has 0 saturated carbocycles. The zero-order valence-corrected chi connectivity index (χ0v) is 10.6. The largest absolute Gasteiger partial charge is 0.462 e. The van der Waals surface area contributed by atoms with Crippen molar-refractivity contribution in [3.05, 3.63) is 33.8 Å². The van der Waals surface area contributed by atoms with Crippen LogP contribution in [0, 0.1) is 6.92 Å². The monoisotopic (exact) mass is 270 g/mol. The molecule has 0 bridgehead atoms. The molecule has 0 N–H and O–H groups in total. The molecule has 0 unspecified atom stereocenters. The number of benzene rings is 1. The van der Waals surface area contributed by atoms with E-state index in [2.05, 4.69) is 22.9 Å². The number of ether oxygens (including phenoxy) is 1. The highest BCUT2D eigenvalue weighted by molar-refractivity contribution is 9.10. The molecular formula is C12H15BrO2. The van der Waals surface area contributed by atoms with Gasteiger partial charge in [0.15, 0.2) is 0 Å². The molecule has 0 fully saturated rings. The van der Waals surface area contributed by atoms with Crippen molar-refractivity contribution in [3.8, 4) is 0 Å². The molecule has 3 heteroatoms. The quantitative estimate of drug-likeness (QED) is 0.616. The Kier molecular flexibility index (Phi) is 4.82. The van der Waals surface area contributed by atoms with Gasteiger partial charge in [0.1, 0.15) is 0 Å². The van der Waals surface area contributed by atoms with Crippen LogP contribution in [0.1, 0.15) is 35.7 Å². The van der Waals surface area contributed by atoms with Gasteiger partial charge < -0.3 is 4.74 Å². The van der Waals surface area contributed by atoms with E-state index in [9.17, 15) is 4.79 Å². The van der Waals surface area contributed by atoms with Gasteiger partial charge in [-0.3, -0.25) is 0 Å². The van der Waals surface area contributed by atoms with Crippen molar-refractivity contribution in [2.75, 3.05) is 6.61 Å². The van der Waals surface area contributed by atoms with Gasteiger partial charge in [0.25, 0.3) is 0 Å². The van der Waals surface area contributed by atoms with Gasteiger partial charge in [-0.05, 0) is 31.0 Å². The molecule has 0 aliphatic carbocycles. The van der Waals surface area contributed by atoms with Gasteiger partial charge in [-0.15, -0.1) is 0 Å². The molecule has 1 aromatic rings. The molecule has 0 amide bonds. The van der Waals surface area contributed by atoms with E-state index < -0.39 is 0 Å². The van der Waals surface area contributed by atoms with E-state index in [0.29, 0.717) is 12.2 Å². The molecular weight excluding hydrogens is 256 g/mol. The lowest BCUT2D eigenvalue weighted by Crippen LogP contribution is -2.08. The minimum atomic E-state index is -0.234. The molecule has 0 atom stereocenters. The normalized spacial score (nSPS) is 10.1. The molecule has 82 valence electrons. The topological polar surface area (TPSA) is 26.3 Å². The molecule has 1 rings (SSSR count). The molecule has 0 aromatic heterocycles. The molecule has 0 spiro atoms. The summed E-state index contributed by atoms with van der Waals surface area (Å²) >= 11 is 3.39. The van der Waals surface area contributed by atoms with Crippen molar-refractivity contribution >= 4 is 21.9 Å². The summed E-state index contributed by atoms with van der Waals surface area (Å²) in [5.41, 5.74) is 1.57. The highest BCUT2D eigenvalue weighted by atomic mass is 79.9. The van der Waals surface area contributed by atoms with Crippen molar-refractivity contribution < 1.29 is 9.53 Å². The number of esters is 1. The molecule has 0 heterocycles. The van der Waals surface area contributed by atoms with Crippen LogP contribution < -0.4 is 0 Å². The third-order valence-electron chi connectivity index (χ3n) is 2.22. The van der Waals surface area contributed by atoms with Gasteiger partial charge >= 0.3 is 5.97 Å². The number of unbranched alkanes of at least 4 members (excludes halogenated alkanes) is 1. The molecule has 0 aliphatic rings. The second-order valence-electron chi connectivity index (χ2n) is 3.40. The summed E-state index contributed by atoms with van der Waals surface area (Å²) in [4.78, 5) is 11.6. The third kappa shape index (κ3) is 3.34. The number of halogens is 1. The SMILES string of the molecule is CCCCOC(=O)c1cccc(Br)c1C. The van der Waals surface area contributed by atoms with Crippen molar-refractivity contribution in [1.82, 2.24) is 0 Å². The zero-order valence-electron chi connectivity index (χ0n) is 9.05. The Morgan fingerprint density at radius 1 is 1.47 bits per heavy atom. The fraction of sp³-hybridized carbons (Fsp3) is 0.417. The average Bonchev–Trinajstić information content (AvgIpc) is 2.22. The Hall–Kier alpha value is -0.830. The zero-order chi connectivity index (χ0) is 11.3. The van der Waals surface area contributed by atoms with Crippen molar-refractivity contribution in [2.45, 2.75) is 26.7 Å². The van der Waals surface area contributed by atoms with E-state index in [1.807, 2.05) is 19.1 Å². The van der Waals surface area contributed by atoms with E-state index in [-0.39, 0.29) is 5.97 Å². The average molecular weight is 271 g/mol. The Morgan fingerprint density at radius 3 is 2.87 bits per heavy atom. The smallest absolute Gasteiger partial charge is 0.338 e. The third-order valence-corrected chi connectivity index (χ3v) is 3.08. The van der Waals surface area contributed by atoms with Crippen LogP contribution >= 0.6 is 15.9 Å². The van der Waals surface area contributed by atoms with Crippen LogP contribution in [-0.4, -0.2) is 12.6 Å². The van der Waals surface area contributed by atoms with Crippen LogP contribution in [0.15, 0.2) is 22.7 Å². The number of carbonyl (C=O) groups is 1. The lowest BCUT2D eigenvalue weighted by Gasteiger charge is -2.07. The molecule has 2 nitrogen and oxygen atoms in total. The van der Waals surface area contributed by atoms with Gasteiger partial charge in [-0.25, -0.2) is 4.79 Å². The van der Waals surface area contributed by atoms with Gasteiger partial charge in [0, 0.05) is 4.47 Å². The summed E-state index contributed by atoms with van der Waals surface area (Å²) in [5, 5.41) is 0. The van der Waals surface area contributed by atoms with Crippen LogP contribution in [0.2, 0.25) is 0 Å². The van der Waals surface area contributed by atoms with Crippen LogP contribution in [0.5, 0.6) is 0 Å². The Bertz CT molecular complexity index is 347. The minimum absolute atomic E-state index is 0.234. The molecule has 15 heavy (non-hydrogen) atoms. The predicted octanol–water partition coefficient (Wildman–Crippen LogP) is 3.71. The summed E-state index contributed by atoms with van der Waals surface area (Å²) in [5.74, 6) is -0.234. The minimum Gasteiger partial charge on any atom is -0.462 e. The summed E-state index contributed by atoms with van der Waals surface area (Å²) in [6.07, 6.45) is 1.95. The predicted molar refractivity (Wildman–Crippen MR) is 64.1 cm³/mol. The maximum Gasteiger partial charge on any atom is 0.338 e. The van der Waals surface area contributed by atoms with E-state index in [0.717, 1.165) is 22.9 Å². The first-order chi connectivity index (χ1) is 7.16. The van der Waals surface area contributed by atoms with Gasteiger partial charge in [0.2, 0.25) is 0 Å². The van der Waals surface area contributed by atoms with Crippen molar-refractivity contribution in [3.63, 3.8) is 0 Å². The van der Waals surface area contributed by atoms with E-state index in [4.69, 9.17) is 4.74 Å². The first kappa shape index (κ1) is 12.2. The number of rotatable bonds is 4. The summed E-state index contributed by atoms with van der Waals surface area (Å²) in [6, 6.07) is 5.54. The molecule has 1 aromatic carbocycles. The maximum atomic E-state index is 11.6. The van der Waals surface area contributed by atoms with Crippen LogP contribution in [0.4, 0.5) is 0 Å². The highest BCUT2D eigenvalue weighted by Crippen LogP contribution is 2.20. The fourth-order valence-electron chi connectivity index (χ4n) is 1.22. The Balaban J connectivity index is 2.69. The second-order valence-corrected chi connectivity index (χ2v) is 4.26. The summed E-state index contributed by atoms with van der Waals surface area (Å²) in [7, 11) is 0. The van der Waals surface area contributed by atoms with Crippen molar-refractivity contribution in [1.29, 1.82) is 0 Å². The van der Waals surface area contributed by atoms with Gasteiger partial charge in [-0.2, -0.15) is 0 Å². The molecule has 0 saturated heterocycles. The Labute approximate surface area is 98.8 Å². The van der Waals surface area contributed by atoms with Gasteiger partial charge in [0.05, 0.1) is 12.2 Å². The standard InChI is InChI=1S/C12H15BrO2/c1-3-4-8-15-12(14)10-6-5-7-11(13)9(10)2/h5-7H,3-4,8H2,1-2H3. The number of carbonyl (C=O) groups excluding carboxylic acids is 1. The molecule has 0 aliphatic heterocycles. The lowest BCUT2D eigenvalue weighted by molar-refractivity contribution is 0.0499. The van der Waals surface area contributed by atoms with E-state index >= 15 is 0 Å². The number of hydrogen-bond acceptors (Lipinski definition) is 2.